The van der Waals surface area contributed by atoms with Crippen molar-refractivity contribution in [1.29, 1.82) is 0 Å². The Morgan fingerprint density at radius 1 is 1.21 bits per heavy atom. The number of hydrogen-bond donors (Lipinski definition) is 2. The summed E-state index contributed by atoms with van der Waals surface area (Å²) in [6, 6.07) is 3.77. The summed E-state index contributed by atoms with van der Waals surface area (Å²) in [4.78, 5) is 16.8. The van der Waals surface area contributed by atoms with E-state index in [1.807, 2.05) is 0 Å². The predicted octanol–water partition coefficient (Wildman–Crippen LogP) is 3.67. The lowest BCUT2D eigenvalue weighted by molar-refractivity contribution is 0.327. The van der Waals surface area contributed by atoms with Gasteiger partial charge in [-0.2, -0.15) is 12.7 Å². The van der Waals surface area contributed by atoms with Crippen LogP contribution in [0, 0.1) is 24.5 Å². The van der Waals surface area contributed by atoms with Crippen LogP contribution in [-0.2, 0) is 17.3 Å². The number of aromatic nitrogens is 2. The molecule has 2 aliphatic heterocycles. The minimum Gasteiger partial charge on any atom is -0.352 e. The van der Waals surface area contributed by atoms with Crippen LogP contribution in [-0.4, -0.2) is 34.9 Å². The van der Waals surface area contributed by atoms with E-state index in [0.717, 1.165) is 12.8 Å². The zero-order valence-electron chi connectivity index (χ0n) is 17.7. The number of fused-ring (bicyclic) bond motifs is 2. The molecule has 2 saturated heterocycles. The number of nitrogens with one attached hydrogen (secondary N) is 2. The number of aryl methyl sites for hydroxylation is 2. The molecule has 0 amide bonds. The highest BCUT2D eigenvalue weighted by atomic mass is 35.5. The standard InChI is InChI=1S/C21H20ClF2N5O3S/c1-10-14(3-4-15-17(10)21(30)28(2)9-25-15)26-20-18(22)16(7-13(23)19(20)24)27-33(31,32)29-8-11-5-12(29)6-11/h3-4,7,9,11-12,26-27H,5-6,8H2,1-2H3. The van der Waals surface area contributed by atoms with Crippen molar-refractivity contribution in [3.05, 3.63) is 57.1 Å². The van der Waals surface area contributed by atoms with Gasteiger partial charge in [0.2, 0.25) is 0 Å². The van der Waals surface area contributed by atoms with E-state index in [-0.39, 0.29) is 22.3 Å². The monoisotopic (exact) mass is 495 g/mol. The quantitative estimate of drug-likeness (QED) is 0.526. The average molecular weight is 496 g/mol. The Morgan fingerprint density at radius 3 is 2.61 bits per heavy atom. The van der Waals surface area contributed by atoms with Crippen LogP contribution in [0.25, 0.3) is 10.9 Å². The van der Waals surface area contributed by atoms with Crippen molar-refractivity contribution < 1.29 is 17.2 Å². The van der Waals surface area contributed by atoms with Crippen LogP contribution in [0.3, 0.4) is 0 Å². The first kappa shape index (κ1) is 22.1. The van der Waals surface area contributed by atoms with Crippen LogP contribution in [0.1, 0.15) is 18.4 Å². The fourth-order valence-corrected chi connectivity index (χ4v) is 6.31. The first-order valence-corrected chi connectivity index (χ1v) is 12.1. The van der Waals surface area contributed by atoms with Crippen LogP contribution in [0.4, 0.5) is 25.8 Å². The Labute approximate surface area is 193 Å². The predicted molar refractivity (Wildman–Crippen MR) is 122 cm³/mol. The van der Waals surface area contributed by atoms with Crippen molar-refractivity contribution in [2.75, 3.05) is 16.6 Å². The third-order valence-electron chi connectivity index (χ3n) is 6.37. The van der Waals surface area contributed by atoms with Crippen molar-refractivity contribution in [1.82, 2.24) is 13.9 Å². The summed E-state index contributed by atoms with van der Waals surface area (Å²) in [5.74, 6) is -2.21. The van der Waals surface area contributed by atoms with Crippen molar-refractivity contribution >= 4 is 49.8 Å². The molecule has 174 valence electrons. The second-order valence-electron chi connectivity index (χ2n) is 8.49. The Bertz CT molecular complexity index is 1470. The fraction of sp³-hybridized carbons (Fsp3) is 0.333. The number of nitrogens with zero attached hydrogens (tertiary/aromatic N) is 3. The van der Waals surface area contributed by atoms with Gasteiger partial charge in [-0.1, -0.05) is 11.6 Å². The summed E-state index contributed by atoms with van der Waals surface area (Å²) >= 11 is 6.33. The zero-order valence-corrected chi connectivity index (χ0v) is 19.3. The molecule has 0 radical (unpaired) electrons. The van der Waals surface area contributed by atoms with E-state index in [1.54, 1.807) is 26.1 Å². The molecule has 2 aromatic carbocycles. The Balaban J connectivity index is 1.54. The fourth-order valence-electron chi connectivity index (χ4n) is 4.49. The lowest BCUT2D eigenvalue weighted by Crippen LogP contribution is -2.38. The number of hydrogen-bond acceptors (Lipinski definition) is 5. The van der Waals surface area contributed by atoms with E-state index in [2.05, 4.69) is 15.0 Å². The van der Waals surface area contributed by atoms with Gasteiger partial charge < -0.3 is 9.88 Å². The van der Waals surface area contributed by atoms with Gasteiger partial charge in [-0.15, -0.1) is 0 Å². The molecule has 6 rings (SSSR count). The zero-order chi connectivity index (χ0) is 23.7. The molecule has 3 heterocycles. The van der Waals surface area contributed by atoms with Gasteiger partial charge in [0.15, 0.2) is 11.6 Å². The molecule has 0 unspecified atom stereocenters. The first-order valence-electron chi connectivity index (χ1n) is 10.3. The summed E-state index contributed by atoms with van der Waals surface area (Å²) in [6.07, 6.45) is 2.99. The van der Waals surface area contributed by atoms with Crippen molar-refractivity contribution in [3.63, 3.8) is 0 Å². The van der Waals surface area contributed by atoms with Gasteiger partial charge in [-0.3, -0.25) is 9.52 Å². The highest BCUT2D eigenvalue weighted by Gasteiger charge is 2.48. The average Bonchev–Trinajstić information content (AvgIpc) is 3.36. The van der Waals surface area contributed by atoms with Gasteiger partial charge in [0.1, 0.15) is 0 Å². The van der Waals surface area contributed by atoms with Crippen molar-refractivity contribution in [2.24, 2.45) is 13.0 Å². The van der Waals surface area contributed by atoms with Crippen LogP contribution in [0.2, 0.25) is 5.02 Å². The summed E-state index contributed by atoms with van der Waals surface area (Å²) < 4.78 is 59.7. The van der Waals surface area contributed by atoms with Crippen LogP contribution < -0.4 is 15.6 Å². The number of benzene rings is 2. The first-order chi connectivity index (χ1) is 15.6. The molecule has 33 heavy (non-hydrogen) atoms. The summed E-state index contributed by atoms with van der Waals surface area (Å²) in [7, 11) is -2.42. The molecule has 3 aromatic rings. The second kappa shape index (κ2) is 7.64. The second-order valence-corrected chi connectivity index (χ2v) is 10.5. The maximum absolute atomic E-state index is 14.7. The van der Waals surface area contributed by atoms with E-state index < -0.39 is 27.5 Å². The third kappa shape index (κ3) is 3.54. The molecule has 2 bridgehead atoms. The van der Waals surface area contributed by atoms with Crippen LogP contribution in [0.15, 0.2) is 29.3 Å². The summed E-state index contributed by atoms with van der Waals surface area (Å²) in [5, 5.41) is 2.71. The molecular formula is C21H20ClF2N5O3S. The maximum atomic E-state index is 14.7. The molecular weight excluding hydrogens is 476 g/mol. The van der Waals surface area contributed by atoms with Crippen molar-refractivity contribution in [3.8, 4) is 0 Å². The van der Waals surface area contributed by atoms with E-state index in [1.165, 1.54) is 15.2 Å². The molecule has 1 aromatic heterocycles. The highest BCUT2D eigenvalue weighted by molar-refractivity contribution is 7.90. The minimum atomic E-state index is -3.98. The normalized spacial score (nSPS) is 20.2. The molecule has 2 N–H and O–H groups in total. The Hall–Kier alpha value is -2.76. The van der Waals surface area contributed by atoms with Crippen molar-refractivity contribution in [2.45, 2.75) is 25.8 Å². The molecule has 1 aliphatic carbocycles. The van der Waals surface area contributed by atoms with Crippen LogP contribution in [0.5, 0.6) is 0 Å². The largest absolute Gasteiger partial charge is 0.352 e. The lowest BCUT2D eigenvalue weighted by atomic mass is 9.87. The SMILES string of the molecule is Cc1c(Nc2c(F)c(F)cc(NS(=O)(=O)N3CC4CC3C4)c2Cl)ccc2ncn(C)c(=O)c12. The van der Waals surface area contributed by atoms with Gasteiger partial charge >= 0.3 is 10.2 Å². The van der Waals surface area contributed by atoms with E-state index in [0.29, 0.717) is 40.7 Å². The number of anilines is 3. The number of halogens is 3. The minimum absolute atomic E-state index is 0.0781. The van der Waals surface area contributed by atoms with Crippen LogP contribution >= 0.6 is 11.6 Å². The summed E-state index contributed by atoms with van der Waals surface area (Å²) in [5.41, 5.74) is 0.184. The highest BCUT2D eigenvalue weighted by Crippen LogP contribution is 2.43. The molecule has 8 nitrogen and oxygen atoms in total. The van der Waals surface area contributed by atoms with Gasteiger partial charge in [-0.25, -0.2) is 13.8 Å². The van der Waals surface area contributed by atoms with E-state index in [4.69, 9.17) is 11.6 Å². The Kier molecular flexibility index (Phi) is 5.11. The third-order valence-corrected chi connectivity index (χ3v) is 8.30. The molecule has 0 spiro atoms. The molecule has 12 heteroatoms. The molecule has 3 fully saturated rings. The smallest absolute Gasteiger partial charge is 0.301 e. The molecule has 3 aliphatic rings. The van der Waals surface area contributed by atoms with E-state index >= 15 is 0 Å². The van der Waals surface area contributed by atoms with Gasteiger partial charge in [0.25, 0.3) is 5.56 Å². The van der Waals surface area contributed by atoms with E-state index in [9.17, 15) is 22.0 Å². The maximum Gasteiger partial charge on any atom is 0.301 e. The summed E-state index contributed by atoms with van der Waals surface area (Å²) in [6.45, 7) is 2.04. The Morgan fingerprint density at radius 2 is 1.94 bits per heavy atom. The molecule has 0 atom stereocenters. The topological polar surface area (TPSA) is 96.3 Å². The van der Waals surface area contributed by atoms with Gasteiger partial charge in [0, 0.05) is 31.4 Å². The van der Waals surface area contributed by atoms with Gasteiger partial charge in [-0.05, 0) is 43.4 Å². The molecule has 1 saturated carbocycles. The lowest BCUT2D eigenvalue weighted by Gasteiger charge is -2.26. The van der Waals surface area contributed by atoms with Gasteiger partial charge in [0.05, 0.1) is 33.6 Å². The number of rotatable bonds is 5.